The van der Waals surface area contributed by atoms with Crippen molar-refractivity contribution in [2.24, 2.45) is 0 Å². The largest absolute Gasteiger partial charge is 0.497 e. The Hall–Kier alpha value is -3.08. The van der Waals surface area contributed by atoms with Gasteiger partial charge in [0.25, 0.3) is 5.91 Å². The fraction of sp³-hybridized carbons (Fsp3) is 0.200. The Labute approximate surface area is 146 Å². The second kappa shape index (κ2) is 6.43. The molecular weight excluding hydrogens is 314 g/mol. The first-order chi connectivity index (χ1) is 12.2. The number of carbonyl (C=O) groups excluding carboxylic acids is 1. The van der Waals surface area contributed by atoms with Crippen LogP contribution in [0.2, 0.25) is 0 Å². The molecule has 0 saturated carbocycles. The van der Waals surface area contributed by atoms with Crippen molar-refractivity contribution in [2.45, 2.75) is 19.4 Å². The van der Waals surface area contributed by atoms with Gasteiger partial charge in [0, 0.05) is 29.8 Å². The number of anilines is 1. The highest BCUT2D eigenvalue weighted by molar-refractivity contribution is 6.04. The number of rotatable bonds is 4. The molecule has 126 valence electrons. The number of imidazole rings is 1. The van der Waals surface area contributed by atoms with E-state index in [-0.39, 0.29) is 5.91 Å². The molecule has 1 N–H and O–H groups in total. The molecule has 5 heteroatoms. The summed E-state index contributed by atoms with van der Waals surface area (Å²) in [6, 6.07) is 15.0. The summed E-state index contributed by atoms with van der Waals surface area (Å²) in [6.45, 7) is 1.01. The summed E-state index contributed by atoms with van der Waals surface area (Å²) in [6.07, 6.45) is 4.09. The van der Waals surface area contributed by atoms with E-state index >= 15 is 0 Å². The number of methoxy groups -OCH3 is 1. The molecule has 1 aliphatic heterocycles. The number of hydrogen-bond donors (Lipinski definition) is 1. The average Bonchev–Trinajstić information content (AvgIpc) is 3.25. The van der Waals surface area contributed by atoms with Gasteiger partial charge in [0.05, 0.1) is 19.0 Å². The number of benzene rings is 2. The standard InChI is InChI=1S/C20H19N3O2/c1-25-17-8-3-6-15(12-17)20(24)22-16-7-2-5-14(11-16)18-13-21-19-9-4-10-23(18)19/h2-3,5-8,11-13H,4,9-10H2,1H3,(H,22,24). The van der Waals surface area contributed by atoms with Crippen molar-refractivity contribution in [3.63, 3.8) is 0 Å². The number of ether oxygens (including phenoxy) is 1. The number of nitrogens with zero attached hydrogens (tertiary/aromatic N) is 2. The molecule has 0 fully saturated rings. The van der Waals surface area contributed by atoms with Crippen LogP contribution in [0, 0.1) is 0 Å². The number of aromatic nitrogens is 2. The molecule has 0 unspecified atom stereocenters. The maximum atomic E-state index is 12.5. The minimum atomic E-state index is -0.158. The third-order valence-electron chi connectivity index (χ3n) is 4.47. The maximum Gasteiger partial charge on any atom is 0.255 e. The minimum absolute atomic E-state index is 0.158. The summed E-state index contributed by atoms with van der Waals surface area (Å²) in [5.74, 6) is 1.65. The lowest BCUT2D eigenvalue weighted by Gasteiger charge is -2.09. The van der Waals surface area contributed by atoms with E-state index in [0.717, 1.165) is 42.2 Å². The third-order valence-corrected chi connectivity index (χ3v) is 4.47. The number of amides is 1. The van der Waals surface area contributed by atoms with E-state index in [4.69, 9.17) is 4.74 Å². The van der Waals surface area contributed by atoms with Gasteiger partial charge in [0.1, 0.15) is 11.6 Å². The fourth-order valence-electron chi connectivity index (χ4n) is 3.21. The molecule has 2 aromatic carbocycles. The number of hydrogen-bond acceptors (Lipinski definition) is 3. The number of aryl methyl sites for hydroxylation is 1. The van der Waals surface area contributed by atoms with E-state index in [0.29, 0.717) is 11.3 Å². The van der Waals surface area contributed by atoms with Crippen LogP contribution in [0.3, 0.4) is 0 Å². The van der Waals surface area contributed by atoms with Crippen LogP contribution in [0.1, 0.15) is 22.6 Å². The van der Waals surface area contributed by atoms with E-state index in [9.17, 15) is 4.79 Å². The molecule has 1 aromatic heterocycles. The highest BCUT2D eigenvalue weighted by Gasteiger charge is 2.17. The van der Waals surface area contributed by atoms with Crippen LogP contribution < -0.4 is 10.1 Å². The van der Waals surface area contributed by atoms with Crippen molar-refractivity contribution >= 4 is 11.6 Å². The van der Waals surface area contributed by atoms with Crippen LogP contribution in [0.15, 0.2) is 54.7 Å². The van der Waals surface area contributed by atoms with Crippen molar-refractivity contribution < 1.29 is 9.53 Å². The first-order valence-electron chi connectivity index (χ1n) is 8.35. The van der Waals surface area contributed by atoms with Gasteiger partial charge in [-0.1, -0.05) is 18.2 Å². The highest BCUT2D eigenvalue weighted by Crippen LogP contribution is 2.27. The summed E-state index contributed by atoms with van der Waals surface area (Å²) >= 11 is 0. The van der Waals surface area contributed by atoms with Gasteiger partial charge in [-0.15, -0.1) is 0 Å². The lowest BCUT2D eigenvalue weighted by atomic mass is 10.1. The van der Waals surface area contributed by atoms with Gasteiger partial charge in [0.15, 0.2) is 0 Å². The third kappa shape index (κ3) is 3.01. The quantitative estimate of drug-likeness (QED) is 0.791. The van der Waals surface area contributed by atoms with Crippen LogP contribution in [-0.4, -0.2) is 22.6 Å². The molecule has 1 aliphatic rings. The Bertz CT molecular complexity index is 930. The van der Waals surface area contributed by atoms with Gasteiger partial charge in [-0.05, 0) is 36.8 Å². The number of carbonyl (C=O) groups is 1. The summed E-state index contributed by atoms with van der Waals surface area (Å²) in [7, 11) is 1.59. The minimum Gasteiger partial charge on any atom is -0.497 e. The smallest absolute Gasteiger partial charge is 0.255 e. The molecule has 3 aromatic rings. The Balaban J connectivity index is 1.58. The second-order valence-corrected chi connectivity index (χ2v) is 6.08. The molecule has 0 bridgehead atoms. The first kappa shape index (κ1) is 15.4. The molecule has 5 nitrogen and oxygen atoms in total. The fourth-order valence-corrected chi connectivity index (χ4v) is 3.21. The van der Waals surface area contributed by atoms with E-state index in [1.165, 1.54) is 0 Å². The molecule has 0 saturated heterocycles. The zero-order chi connectivity index (χ0) is 17.2. The van der Waals surface area contributed by atoms with E-state index in [2.05, 4.69) is 14.9 Å². The summed E-state index contributed by atoms with van der Waals surface area (Å²) in [5, 5.41) is 2.96. The van der Waals surface area contributed by atoms with Crippen LogP contribution in [0.5, 0.6) is 5.75 Å². The average molecular weight is 333 g/mol. The monoisotopic (exact) mass is 333 g/mol. The summed E-state index contributed by atoms with van der Waals surface area (Å²) in [5.41, 5.74) is 3.49. The van der Waals surface area contributed by atoms with Crippen molar-refractivity contribution in [1.29, 1.82) is 0 Å². The van der Waals surface area contributed by atoms with Gasteiger partial charge in [0.2, 0.25) is 0 Å². The predicted octanol–water partition coefficient (Wildman–Crippen LogP) is 3.76. The molecule has 4 rings (SSSR count). The van der Waals surface area contributed by atoms with Crippen molar-refractivity contribution in [1.82, 2.24) is 9.55 Å². The van der Waals surface area contributed by atoms with Crippen LogP contribution in [0.25, 0.3) is 11.3 Å². The topological polar surface area (TPSA) is 56.1 Å². The molecule has 2 heterocycles. The summed E-state index contributed by atoms with van der Waals surface area (Å²) in [4.78, 5) is 17.0. The van der Waals surface area contributed by atoms with Gasteiger partial charge < -0.3 is 14.6 Å². The van der Waals surface area contributed by atoms with E-state index in [1.54, 1.807) is 25.3 Å². The van der Waals surface area contributed by atoms with Crippen molar-refractivity contribution in [3.8, 4) is 17.0 Å². The molecule has 1 amide bonds. The second-order valence-electron chi connectivity index (χ2n) is 6.08. The van der Waals surface area contributed by atoms with Crippen LogP contribution >= 0.6 is 0 Å². The molecular formula is C20H19N3O2. The van der Waals surface area contributed by atoms with Crippen LogP contribution in [0.4, 0.5) is 5.69 Å². The number of nitrogens with one attached hydrogen (secondary N) is 1. The zero-order valence-electron chi connectivity index (χ0n) is 14.0. The molecule has 0 aliphatic carbocycles. The van der Waals surface area contributed by atoms with Gasteiger partial charge in [-0.3, -0.25) is 4.79 Å². The molecule has 0 radical (unpaired) electrons. The normalized spacial score (nSPS) is 12.7. The van der Waals surface area contributed by atoms with Crippen molar-refractivity contribution in [3.05, 3.63) is 66.1 Å². The van der Waals surface area contributed by atoms with E-state index in [1.807, 2.05) is 36.5 Å². The zero-order valence-corrected chi connectivity index (χ0v) is 14.0. The Morgan fingerprint density at radius 1 is 1.20 bits per heavy atom. The summed E-state index contributed by atoms with van der Waals surface area (Å²) < 4.78 is 7.43. The predicted molar refractivity (Wildman–Crippen MR) is 96.9 cm³/mol. The van der Waals surface area contributed by atoms with Crippen LogP contribution in [-0.2, 0) is 13.0 Å². The Morgan fingerprint density at radius 2 is 2.08 bits per heavy atom. The van der Waals surface area contributed by atoms with Gasteiger partial charge in [-0.25, -0.2) is 4.98 Å². The number of fused-ring (bicyclic) bond motifs is 1. The lowest BCUT2D eigenvalue weighted by molar-refractivity contribution is 0.102. The Morgan fingerprint density at radius 3 is 2.96 bits per heavy atom. The highest BCUT2D eigenvalue weighted by atomic mass is 16.5. The van der Waals surface area contributed by atoms with Gasteiger partial charge in [-0.2, -0.15) is 0 Å². The molecule has 0 atom stereocenters. The lowest BCUT2D eigenvalue weighted by Crippen LogP contribution is -2.12. The first-order valence-corrected chi connectivity index (χ1v) is 8.35. The Kier molecular flexibility index (Phi) is 3.98. The molecule has 25 heavy (non-hydrogen) atoms. The van der Waals surface area contributed by atoms with Crippen molar-refractivity contribution in [2.75, 3.05) is 12.4 Å². The molecule has 0 spiro atoms. The van der Waals surface area contributed by atoms with Gasteiger partial charge >= 0.3 is 0 Å². The maximum absolute atomic E-state index is 12.5. The SMILES string of the molecule is COc1cccc(C(=O)Nc2cccc(-c3cnc4n3CCC4)c2)c1. The van der Waals surface area contributed by atoms with E-state index < -0.39 is 0 Å².